The molecular weight excluding hydrogens is 516 g/mol. The van der Waals surface area contributed by atoms with Crippen molar-refractivity contribution in [2.75, 3.05) is 36.0 Å². The predicted octanol–water partition coefficient (Wildman–Crippen LogP) is 4.44. The minimum Gasteiger partial charge on any atom is -0.478 e. The highest BCUT2D eigenvalue weighted by molar-refractivity contribution is 8.76. The van der Waals surface area contributed by atoms with Crippen molar-refractivity contribution in [2.24, 2.45) is 0 Å². The molecule has 2 N–H and O–H groups in total. The highest BCUT2D eigenvalue weighted by Gasteiger charge is 2.15. The molecule has 0 unspecified atom stereocenters. The molecule has 0 spiro atoms. The number of ether oxygens (including phenoxy) is 1. The number of hydrogen-bond acceptors (Lipinski definition) is 9. The van der Waals surface area contributed by atoms with Crippen LogP contribution < -0.4 is 20.6 Å². The number of fused-ring (bicyclic) bond motifs is 1. The highest BCUT2D eigenvalue weighted by Crippen LogP contribution is 2.24. The van der Waals surface area contributed by atoms with Crippen molar-refractivity contribution < 1.29 is 28.6 Å². The summed E-state index contributed by atoms with van der Waals surface area (Å²) in [4.78, 5) is 50.2. The molecule has 0 radical (unpaired) electrons. The molecule has 3 aromatic rings. The van der Waals surface area contributed by atoms with Crippen LogP contribution in [0, 0.1) is 0 Å². The van der Waals surface area contributed by atoms with E-state index in [4.69, 9.17) is 14.3 Å². The van der Waals surface area contributed by atoms with Crippen LogP contribution in [0.1, 0.15) is 41.0 Å². The molecular formula is C26H28N2O7S2. The number of amides is 1. The van der Waals surface area contributed by atoms with Gasteiger partial charge in [0.25, 0.3) is 5.91 Å². The molecule has 0 aliphatic heterocycles. The van der Waals surface area contributed by atoms with Gasteiger partial charge in [0.1, 0.15) is 22.5 Å². The minimum atomic E-state index is -1.17. The number of esters is 1. The number of hydrogen-bond donors (Lipinski definition) is 2. The van der Waals surface area contributed by atoms with Gasteiger partial charge in [0.05, 0.1) is 6.42 Å². The van der Waals surface area contributed by atoms with Crippen LogP contribution in [-0.4, -0.2) is 54.1 Å². The van der Waals surface area contributed by atoms with Gasteiger partial charge in [-0.15, -0.1) is 0 Å². The summed E-state index contributed by atoms with van der Waals surface area (Å²) in [5.74, 6) is -1.17. The van der Waals surface area contributed by atoms with Crippen molar-refractivity contribution in [3.8, 4) is 5.75 Å². The largest absolute Gasteiger partial charge is 0.478 e. The van der Waals surface area contributed by atoms with Gasteiger partial charge in [-0.2, -0.15) is 0 Å². The summed E-state index contributed by atoms with van der Waals surface area (Å²) in [6.07, 6.45) is 0.103. The number of aromatic carboxylic acids is 1. The number of nitrogens with zero attached hydrogens (tertiary/aromatic N) is 1. The van der Waals surface area contributed by atoms with E-state index in [9.17, 15) is 19.2 Å². The molecule has 0 fully saturated rings. The molecule has 2 aromatic carbocycles. The zero-order valence-corrected chi connectivity index (χ0v) is 22.2. The number of carbonyl (C=O) groups excluding carboxylic acids is 2. The summed E-state index contributed by atoms with van der Waals surface area (Å²) in [5.41, 5.74) is 0.573. The van der Waals surface area contributed by atoms with Crippen LogP contribution in [0.5, 0.6) is 5.75 Å². The lowest BCUT2D eigenvalue weighted by atomic mass is 10.1. The predicted molar refractivity (Wildman–Crippen MR) is 147 cm³/mol. The molecule has 0 atom stereocenters. The molecule has 196 valence electrons. The zero-order valence-electron chi connectivity index (χ0n) is 20.5. The number of rotatable bonds is 13. The average Bonchev–Trinajstić information content (AvgIpc) is 2.88. The normalized spacial score (nSPS) is 10.8. The van der Waals surface area contributed by atoms with Crippen molar-refractivity contribution in [2.45, 2.75) is 20.3 Å². The van der Waals surface area contributed by atoms with Crippen LogP contribution in [0.25, 0.3) is 11.0 Å². The molecule has 0 saturated carbocycles. The third-order valence-electron chi connectivity index (χ3n) is 5.38. The highest BCUT2D eigenvalue weighted by atomic mass is 33.1. The summed E-state index contributed by atoms with van der Waals surface area (Å²) in [6.45, 7) is 6.08. The van der Waals surface area contributed by atoms with Gasteiger partial charge in [-0.05, 0) is 44.2 Å². The molecule has 1 aromatic heterocycles. The fraction of sp³-hybridized carbons (Fsp3) is 0.308. The Labute approximate surface area is 221 Å². The Hall–Kier alpha value is -3.44. The van der Waals surface area contributed by atoms with Gasteiger partial charge in [0, 0.05) is 48.3 Å². The van der Waals surface area contributed by atoms with Crippen LogP contribution >= 0.6 is 21.6 Å². The fourth-order valence-electron chi connectivity index (χ4n) is 3.49. The van der Waals surface area contributed by atoms with Gasteiger partial charge in [-0.25, -0.2) is 9.59 Å². The van der Waals surface area contributed by atoms with E-state index in [1.165, 1.54) is 33.7 Å². The van der Waals surface area contributed by atoms with Gasteiger partial charge in [0.15, 0.2) is 0 Å². The van der Waals surface area contributed by atoms with Gasteiger partial charge >= 0.3 is 17.6 Å². The van der Waals surface area contributed by atoms with E-state index < -0.39 is 23.5 Å². The van der Waals surface area contributed by atoms with E-state index in [0.717, 1.165) is 18.8 Å². The molecule has 1 amide bonds. The van der Waals surface area contributed by atoms with E-state index in [1.54, 1.807) is 24.3 Å². The average molecular weight is 545 g/mol. The quantitative estimate of drug-likeness (QED) is 0.105. The first-order chi connectivity index (χ1) is 17.8. The molecule has 9 nitrogen and oxygen atoms in total. The third kappa shape index (κ3) is 7.77. The molecule has 0 bridgehead atoms. The van der Waals surface area contributed by atoms with E-state index in [2.05, 4.69) is 10.2 Å². The Morgan fingerprint density at radius 2 is 1.73 bits per heavy atom. The van der Waals surface area contributed by atoms with Crippen molar-refractivity contribution in [3.63, 3.8) is 0 Å². The Balaban J connectivity index is 1.41. The standard InChI is InChI=1S/C26H28N2O7S2/c1-3-28(4-2)18-10-9-17-15-20(26(33)35-22(17)16-18)24(30)27-12-14-37-36-13-11-23(29)34-21-8-6-5-7-19(21)25(31)32/h5-10,15-16H,3-4,11-14H2,1-2H3,(H,27,30)(H,31,32). The summed E-state index contributed by atoms with van der Waals surface area (Å²) in [7, 11) is 2.88. The second kappa shape index (κ2) is 13.8. The van der Waals surface area contributed by atoms with Gasteiger partial charge in [-0.3, -0.25) is 9.59 Å². The van der Waals surface area contributed by atoms with Gasteiger partial charge in [0.2, 0.25) is 0 Å². The summed E-state index contributed by atoms with van der Waals surface area (Å²) >= 11 is 0. The second-order valence-electron chi connectivity index (χ2n) is 7.77. The maximum absolute atomic E-state index is 12.5. The summed E-state index contributed by atoms with van der Waals surface area (Å²) in [5, 5.41) is 12.5. The molecule has 0 saturated heterocycles. The van der Waals surface area contributed by atoms with Crippen molar-refractivity contribution in [1.82, 2.24) is 5.32 Å². The lowest BCUT2D eigenvalue weighted by Gasteiger charge is -2.21. The topological polar surface area (TPSA) is 126 Å². The number of carboxylic acids is 1. The first kappa shape index (κ1) is 28.1. The maximum atomic E-state index is 12.5. The smallest absolute Gasteiger partial charge is 0.349 e. The monoisotopic (exact) mass is 544 g/mol. The Kier molecular flexibility index (Phi) is 10.5. The molecule has 0 aliphatic carbocycles. The van der Waals surface area contributed by atoms with Crippen LogP contribution in [-0.2, 0) is 4.79 Å². The van der Waals surface area contributed by atoms with E-state index in [1.807, 2.05) is 26.0 Å². The number of benzene rings is 2. The maximum Gasteiger partial charge on any atom is 0.349 e. The zero-order chi connectivity index (χ0) is 26.8. The minimum absolute atomic E-state index is 0.0165. The van der Waals surface area contributed by atoms with Crippen molar-refractivity contribution in [1.29, 1.82) is 0 Å². The lowest BCUT2D eigenvalue weighted by Crippen LogP contribution is -2.29. The molecule has 11 heteroatoms. The van der Waals surface area contributed by atoms with Crippen LogP contribution in [0.3, 0.4) is 0 Å². The van der Waals surface area contributed by atoms with Crippen molar-refractivity contribution in [3.05, 3.63) is 70.1 Å². The van der Waals surface area contributed by atoms with E-state index in [-0.39, 0.29) is 23.3 Å². The second-order valence-corrected chi connectivity index (χ2v) is 10.5. The van der Waals surface area contributed by atoms with Crippen LogP contribution in [0.4, 0.5) is 5.69 Å². The van der Waals surface area contributed by atoms with E-state index in [0.29, 0.717) is 29.0 Å². The summed E-state index contributed by atoms with van der Waals surface area (Å²) < 4.78 is 10.6. The number of carboxylic acid groups (broad SMARTS) is 1. The Morgan fingerprint density at radius 3 is 2.46 bits per heavy atom. The molecule has 0 aliphatic rings. The first-order valence-electron chi connectivity index (χ1n) is 11.7. The molecule has 37 heavy (non-hydrogen) atoms. The van der Waals surface area contributed by atoms with Crippen LogP contribution in [0.15, 0.2) is 57.7 Å². The number of anilines is 1. The lowest BCUT2D eigenvalue weighted by molar-refractivity contribution is -0.133. The number of para-hydroxylation sites is 1. The van der Waals surface area contributed by atoms with Gasteiger partial charge in [-0.1, -0.05) is 33.7 Å². The molecule has 3 rings (SSSR count). The fourth-order valence-corrected chi connectivity index (χ4v) is 5.37. The Bertz CT molecular complexity index is 1320. The molecule has 1 heterocycles. The van der Waals surface area contributed by atoms with Crippen molar-refractivity contribution >= 4 is 56.1 Å². The number of nitrogens with one attached hydrogen (secondary N) is 1. The Morgan fingerprint density at radius 1 is 1.00 bits per heavy atom. The van der Waals surface area contributed by atoms with E-state index >= 15 is 0 Å². The first-order valence-corrected chi connectivity index (χ1v) is 14.2. The SMILES string of the molecule is CCN(CC)c1ccc2cc(C(=O)NCCSSCCC(=O)Oc3ccccc3C(=O)O)c(=O)oc2c1. The summed E-state index contributed by atoms with van der Waals surface area (Å²) in [6, 6.07) is 13.1. The third-order valence-corrected chi connectivity index (χ3v) is 7.79. The number of carbonyl (C=O) groups is 3. The van der Waals surface area contributed by atoms with Gasteiger partial charge < -0.3 is 24.5 Å². The van der Waals surface area contributed by atoms with Crippen LogP contribution in [0.2, 0.25) is 0 Å².